The summed E-state index contributed by atoms with van der Waals surface area (Å²) in [5.74, 6) is 0.957. The van der Waals surface area contributed by atoms with E-state index >= 15 is 0 Å². The highest BCUT2D eigenvalue weighted by molar-refractivity contribution is 6.04. The van der Waals surface area contributed by atoms with Crippen LogP contribution in [-0.4, -0.2) is 40.9 Å². The van der Waals surface area contributed by atoms with Crippen molar-refractivity contribution in [2.45, 2.75) is 39.7 Å². The monoisotopic (exact) mass is 291 g/mol. The van der Waals surface area contributed by atoms with Gasteiger partial charge >= 0.3 is 0 Å². The Hall–Kier alpha value is -2.18. The number of carbonyl (C=O) groups is 2. The summed E-state index contributed by atoms with van der Waals surface area (Å²) in [5, 5.41) is 5.55. The van der Waals surface area contributed by atoms with E-state index in [-0.39, 0.29) is 24.3 Å². The van der Waals surface area contributed by atoms with Gasteiger partial charge in [0.25, 0.3) is 0 Å². The van der Waals surface area contributed by atoms with Crippen molar-refractivity contribution >= 4 is 23.5 Å². The molecule has 0 spiro atoms. The molecule has 1 atom stereocenters. The summed E-state index contributed by atoms with van der Waals surface area (Å²) in [7, 11) is 0. The van der Waals surface area contributed by atoms with Crippen LogP contribution in [0, 0.1) is 0 Å². The van der Waals surface area contributed by atoms with Crippen LogP contribution in [0.25, 0.3) is 0 Å². The fourth-order valence-electron chi connectivity index (χ4n) is 2.43. The van der Waals surface area contributed by atoms with Gasteiger partial charge in [0.2, 0.25) is 11.8 Å². The van der Waals surface area contributed by atoms with Crippen molar-refractivity contribution in [2.75, 3.05) is 23.3 Å². The van der Waals surface area contributed by atoms with Gasteiger partial charge in [-0.1, -0.05) is 13.8 Å². The van der Waals surface area contributed by atoms with E-state index in [0.29, 0.717) is 5.82 Å². The molecule has 2 rings (SSSR count). The Morgan fingerprint density at radius 2 is 2.14 bits per heavy atom. The van der Waals surface area contributed by atoms with Crippen LogP contribution in [-0.2, 0) is 9.59 Å². The van der Waals surface area contributed by atoms with Crippen LogP contribution in [0.15, 0.2) is 6.33 Å². The summed E-state index contributed by atoms with van der Waals surface area (Å²) in [4.78, 5) is 33.8. The number of nitrogens with one attached hydrogen (secondary N) is 2. The number of carbonyl (C=O) groups excluding carboxylic acids is 2. The van der Waals surface area contributed by atoms with Crippen LogP contribution in [0.4, 0.5) is 11.6 Å². The molecular formula is C14H21N5O2. The lowest BCUT2D eigenvalue weighted by molar-refractivity contribution is -0.132. The summed E-state index contributed by atoms with van der Waals surface area (Å²) < 4.78 is 0. The molecular weight excluding hydrogens is 270 g/mol. The van der Waals surface area contributed by atoms with Crippen LogP contribution < -0.4 is 15.5 Å². The minimum Gasteiger partial charge on any atom is -0.370 e. The van der Waals surface area contributed by atoms with E-state index in [4.69, 9.17) is 0 Å². The fraction of sp³-hybridized carbons (Fsp3) is 0.571. The Morgan fingerprint density at radius 3 is 2.76 bits per heavy atom. The van der Waals surface area contributed by atoms with Gasteiger partial charge in [0.15, 0.2) is 0 Å². The third-order valence-corrected chi connectivity index (χ3v) is 3.48. The lowest BCUT2D eigenvalue weighted by Crippen LogP contribution is -2.57. The standard InChI is InChI=1S/C14H21N5O2/c1-5-15-12-11(8(2)3)13(17-7-16-12)19-6-10(20)18-14(21)9(19)4/h7-9H,5-6H2,1-4H3,(H,15,16,17)(H,18,20,21). The molecule has 2 amide bonds. The quantitative estimate of drug-likeness (QED) is 0.801. The van der Waals surface area contributed by atoms with E-state index in [1.807, 2.05) is 20.8 Å². The van der Waals surface area contributed by atoms with E-state index in [2.05, 4.69) is 20.6 Å². The van der Waals surface area contributed by atoms with E-state index in [1.54, 1.807) is 11.8 Å². The van der Waals surface area contributed by atoms with Crippen molar-refractivity contribution in [3.63, 3.8) is 0 Å². The largest absolute Gasteiger partial charge is 0.370 e. The van der Waals surface area contributed by atoms with Crippen LogP contribution in [0.3, 0.4) is 0 Å². The van der Waals surface area contributed by atoms with Gasteiger partial charge in [-0.2, -0.15) is 0 Å². The zero-order valence-electron chi connectivity index (χ0n) is 12.8. The molecule has 1 aromatic heterocycles. The molecule has 7 nitrogen and oxygen atoms in total. The Balaban J connectivity index is 2.49. The predicted molar refractivity (Wildman–Crippen MR) is 80.2 cm³/mol. The molecule has 1 fully saturated rings. The Bertz CT molecular complexity index is 558. The Labute approximate surface area is 124 Å². The molecule has 1 unspecified atom stereocenters. The molecule has 1 aliphatic heterocycles. The molecule has 7 heteroatoms. The zero-order valence-corrected chi connectivity index (χ0v) is 12.8. The number of rotatable bonds is 4. The van der Waals surface area contributed by atoms with Crippen molar-refractivity contribution in [2.24, 2.45) is 0 Å². The molecule has 2 N–H and O–H groups in total. The minimum atomic E-state index is -0.440. The molecule has 21 heavy (non-hydrogen) atoms. The van der Waals surface area contributed by atoms with Gasteiger partial charge in [-0.3, -0.25) is 14.9 Å². The maximum Gasteiger partial charge on any atom is 0.249 e. The summed E-state index contributed by atoms with van der Waals surface area (Å²) in [5.41, 5.74) is 0.925. The Morgan fingerprint density at radius 1 is 1.43 bits per heavy atom. The summed E-state index contributed by atoms with van der Waals surface area (Å²) in [6.07, 6.45) is 1.46. The first-order valence-corrected chi connectivity index (χ1v) is 7.14. The first kappa shape index (κ1) is 15.2. The van der Waals surface area contributed by atoms with E-state index < -0.39 is 6.04 Å². The topological polar surface area (TPSA) is 87.2 Å². The average Bonchev–Trinajstić information content (AvgIpc) is 2.42. The van der Waals surface area contributed by atoms with Gasteiger partial charge < -0.3 is 10.2 Å². The molecule has 0 saturated carbocycles. The number of nitrogens with zero attached hydrogens (tertiary/aromatic N) is 3. The highest BCUT2D eigenvalue weighted by Gasteiger charge is 2.33. The van der Waals surface area contributed by atoms with Crippen molar-refractivity contribution in [3.8, 4) is 0 Å². The van der Waals surface area contributed by atoms with E-state index in [1.165, 1.54) is 6.33 Å². The second-order valence-corrected chi connectivity index (χ2v) is 5.36. The van der Waals surface area contributed by atoms with Crippen molar-refractivity contribution < 1.29 is 9.59 Å². The maximum absolute atomic E-state index is 11.8. The number of hydrogen-bond donors (Lipinski definition) is 2. The first-order chi connectivity index (χ1) is 9.95. The van der Waals surface area contributed by atoms with Crippen LogP contribution >= 0.6 is 0 Å². The van der Waals surface area contributed by atoms with Gasteiger partial charge in [-0.15, -0.1) is 0 Å². The number of aromatic nitrogens is 2. The fourth-order valence-corrected chi connectivity index (χ4v) is 2.43. The Kier molecular flexibility index (Phi) is 4.40. The molecule has 1 aromatic rings. The van der Waals surface area contributed by atoms with E-state index in [9.17, 15) is 9.59 Å². The SMILES string of the molecule is CCNc1ncnc(N2CC(=O)NC(=O)C2C)c1C(C)C. The number of imide groups is 1. The van der Waals surface area contributed by atoms with Crippen molar-refractivity contribution in [3.05, 3.63) is 11.9 Å². The first-order valence-electron chi connectivity index (χ1n) is 7.14. The normalized spacial score (nSPS) is 18.9. The third kappa shape index (κ3) is 2.96. The molecule has 1 saturated heterocycles. The summed E-state index contributed by atoms with van der Waals surface area (Å²) >= 11 is 0. The third-order valence-electron chi connectivity index (χ3n) is 3.48. The summed E-state index contributed by atoms with van der Waals surface area (Å²) in [6, 6.07) is -0.440. The molecule has 0 radical (unpaired) electrons. The molecule has 1 aliphatic rings. The van der Waals surface area contributed by atoms with Crippen LogP contribution in [0.2, 0.25) is 0 Å². The zero-order chi connectivity index (χ0) is 15.6. The second kappa shape index (κ2) is 6.07. The number of amides is 2. The maximum atomic E-state index is 11.8. The number of anilines is 2. The molecule has 2 heterocycles. The van der Waals surface area contributed by atoms with Crippen molar-refractivity contribution in [1.82, 2.24) is 15.3 Å². The van der Waals surface area contributed by atoms with Gasteiger partial charge in [-0.25, -0.2) is 9.97 Å². The van der Waals surface area contributed by atoms with Crippen LogP contribution in [0.1, 0.15) is 39.2 Å². The van der Waals surface area contributed by atoms with E-state index in [0.717, 1.165) is 17.9 Å². The van der Waals surface area contributed by atoms with Gasteiger partial charge in [0.05, 0.1) is 6.54 Å². The lowest BCUT2D eigenvalue weighted by atomic mass is 10.0. The predicted octanol–water partition coefficient (Wildman–Crippen LogP) is 0.883. The van der Waals surface area contributed by atoms with Crippen molar-refractivity contribution in [1.29, 1.82) is 0 Å². The molecule has 0 bridgehead atoms. The summed E-state index contributed by atoms with van der Waals surface area (Å²) in [6.45, 7) is 8.70. The highest BCUT2D eigenvalue weighted by atomic mass is 16.2. The lowest BCUT2D eigenvalue weighted by Gasteiger charge is -2.34. The molecule has 0 aliphatic carbocycles. The second-order valence-electron chi connectivity index (χ2n) is 5.36. The van der Waals surface area contributed by atoms with Gasteiger partial charge in [0, 0.05) is 12.1 Å². The average molecular weight is 291 g/mol. The minimum absolute atomic E-state index is 0.120. The smallest absolute Gasteiger partial charge is 0.249 e. The molecule has 114 valence electrons. The molecule has 0 aromatic carbocycles. The van der Waals surface area contributed by atoms with Gasteiger partial charge in [0.1, 0.15) is 24.0 Å². The number of piperazine rings is 1. The van der Waals surface area contributed by atoms with Gasteiger partial charge in [-0.05, 0) is 19.8 Å². The van der Waals surface area contributed by atoms with Crippen LogP contribution in [0.5, 0.6) is 0 Å². The highest BCUT2D eigenvalue weighted by Crippen LogP contribution is 2.32. The number of hydrogen-bond acceptors (Lipinski definition) is 6.